The van der Waals surface area contributed by atoms with Crippen molar-refractivity contribution in [2.24, 2.45) is 0 Å². The molecule has 0 saturated carbocycles. The van der Waals surface area contributed by atoms with E-state index in [-0.39, 0.29) is 25.0 Å². The van der Waals surface area contributed by atoms with Gasteiger partial charge in [-0.2, -0.15) is 0 Å². The summed E-state index contributed by atoms with van der Waals surface area (Å²) in [4.78, 5) is 25.8. The molecule has 0 unspecified atom stereocenters. The Morgan fingerprint density at radius 1 is 0.455 bits per heavy atom. The summed E-state index contributed by atoms with van der Waals surface area (Å²) >= 11 is 0. The van der Waals surface area contributed by atoms with Crippen molar-refractivity contribution in [1.82, 2.24) is 4.90 Å². The van der Waals surface area contributed by atoms with Gasteiger partial charge in [-0.15, -0.1) is 6.42 Å². The highest BCUT2D eigenvalue weighted by molar-refractivity contribution is 6.21. The quantitative estimate of drug-likeness (QED) is 0.0665. The van der Waals surface area contributed by atoms with Gasteiger partial charge in [0.05, 0.1) is 143 Å². The van der Waals surface area contributed by atoms with Gasteiger partial charge in [-0.1, -0.05) is 18.1 Å². The lowest BCUT2D eigenvalue weighted by atomic mass is 10.1. The molecule has 0 fully saturated rings. The first kappa shape index (κ1) is 37.7. The molecule has 1 aromatic rings. The van der Waals surface area contributed by atoms with Crippen LogP contribution in [0, 0.1) is 12.3 Å². The molecule has 2 rings (SSSR count). The number of benzene rings is 1. The van der Waals surface area contributed by atoms with Crippen molar-refractivity contribution in [1.29, 1.82) is 0 Å². The number of imide groups is 1. The Kier molecular flexibility index (Phi) is 23.0. The van der Waals surface area contributed by atoms with Crippen LogP contribution >= 0.6 is 0 Å². The fourth-order valence-electron chi connectivity index (χ4n) is 3.71. The highest BCUT2D eigenvalue weighted by Gasteiger charge is 2.34. The zero-order chi connectivity index (χ0) is 31.3. The van der Waals surface area contributed by atoms with E-state index in [0.717, 1.165) is 0 Å². The van der Waals surface area contributed by atoms with E-state index < -0.39 is 0 Å². The first-order valence-corrected chi connectivity index (χ1v) is 14.9. The SMILES string of the molecule is C#CCOCCOCCOCCOCCOCCOCCOCCOCCOCCOCCN1C(=O)c2ccccc2C1=O. The molecule has 0 radical (unpaired) electrons. The van der Waals surface area contributed by atoms with Gasteiger partial charge in [-0.3, -0.25) is 14.5 Å². The largest absolute Gasteiger partial charge is 0.377 e. The molecule has 44 heavy (non-hydrogen) atoms. The summed E-state index contributed by atoms with van der Waals surface area (Å²) in [7, 11) is 0. The monoisotopic (exact) mass is 625 g/mol. The van der Waals surface area contributed by atoms with Crippen molar-refractivity contribution in [3.63, 3.8) is 0 Å². The second kappa shape index (κ2) is 26.9. The highest BCUT2D eigenvalue weighted by Crippen LogP contribution is 2.21. The molecule has 13 heteroatoms. The minimum absolute atomic E-state index is 0.214. The van der Waals surface area contributed by atoms with E-state index in [1.54, 1.807) is 24.3 Å². The minimum Gasteiger partial charge on any atom is -0.377 e. The number of fused-ring (bicyclic) bond motifs is 1. The summed E-state index contributed by atoms with van der Waals surface area (Å²) in [5, 5.41) is 0. The Morgan fingerprint density at radius 3 is 1.02 bits per heavy atom. The van der Waals surface area contributed by atoms with Crippen LogP contribution in [0.15, 0.2) is 24.3 Å². The summed E-state index contributed by atoms with van der Waals surface area (Å²) in [5.74, 6) is 1.84. The summed E-state index contributed by atoms with van der Waals surface area (Å²) < 4.78 is 54.0. The van der Waals surface area contributed by atoms with Gasteiger partial charge in [-0.05, 0) is 12.1 Å². The second-order valence-electron chi connectivity index (χ2n) is 9.08. The van der Waals surface area contributed by atoms with Gasteiger partial charge in [0, 0.05) is 0 Å². The molecule has 1 aliphatic rings. The van der Waals surface area contributed by atoms with Gasteiger partial charge in [0.25, 0.3) is 11.8 Å². The summed E-state index contributed by atoms with van der Waals surface area (Å²) in [6.45, 7) is 9.26. The first-order chi connectivity index (χ1) is 21.8. The van der Waals surface area contributed by atoms with Gasteiger partial charge in [-0.25, -0.2) is 0 Å². The molecule has 2 amide bonds. The molecule has 13 nitrogen and oxygen atoms in total. The van der Waals surface area contributed by atoms with Crippen LogP contribution in [0.1, 0.15) is 20.7 Å². The molecule has 0 bridgehead atoms. The normalized spacial score (nSPS) is 12.7. The Labute approximate surface area is 260 Å². The molecule has 0 aromatic heterocycles. The average Bonchev–Trinajstić information content (AvgIpc) is 3.28. The molecule has 0 spiro atoms. The lowest BCUT2D eigenvalue weighted by molar-refractivity contribution is -0.0262. The first-order valence-electron chi connectivity index (χ1n) is 14.9. The third-order valence-electron chi connectivity index (χ3n) is 5.87. The number of hydrogen-bond acceptors (Lipinski definition) is 12. The van der Waals surface area contributed by atoms with Crippen LogP contribution in [-0.4, -0.2) is 155 Å². The fraction of sp³-hybridized carbons (Fsp3) is 0.677. The topological polar surface area (TPSA) is 130 Å². The molecule has 0 atom stereocenters. The Balaban J connectivity index is 1.19. The van der Waals surface area contributed by atoms with E-state index in [4.69, 9.17) is 53.8 Å². The van der Waals surface area contributed by atoms with Crippen LogP contribution in [0.3, 0.4) is 0 Å². The standard InChI is InChI=1S/C31H47NO12/c1-2-8-35-10-12-37-14-16-39-18-20-41-22-24-43-26-27-44-25-23-42-21-19-40-17-15-38-13-11-36-9-7-32-30(33)28-5-3-4-6-29(28)31(32)34/h1,3-6H,7-27H2. The zero-order valence-electron chi connectivity index (χ0n) is 25.6. The third kappa shape index (κ3) is 17.7. The smallest absolute Gasteiger partial charge is 0.261 e. The highest BCUT2D eigenvalue weighted by atomic mass is 16.6. The van der Waals surface area contributed by atoms with Crippen molar-refractivity contribution >= 4 is 11.8 Å². The maximum absolute atomic E-state index is 12.3. The van der Waals surface area contributed by atoms with E-state index in [1.807, 2.05) is 0 Å². The van der Waals surface area contributed by atoms with Crippen LogP contribution < -0.4 is 0 Å². The molecule has 0 aliphatic carbocycles. The van der Waals surface area contributed by atoms with E-state index in [9.17, 15) is 9.59 Å². The number of hydrogen-bond donors (Lipinski definition) is 0. The van der Waals surface area contributed by atoms with Crippen molar-refractivity contribution in [2.45, 2.75) is 0 Å². The predicted octanol–water partition coefficient (Wildman–Crippen LogP) is 1.08. The van der Waals surface area contributed by atoms with E-state index in [2.05, 4.69) is 5.92 Å². The number of carbonyl (C=O) groups excluding carboxylic acids is 2. The van der Waals surface area contributed by atoms with Crippen molar-refractivity contribution < 1.29 is 57.0 Å². The lowest BCUT2D eigenvalue weighted by Crippen LogP contribution is -2.33. The van der Waals surface area contributed by atoms with E-state index in [1.165, 1.54) is 4.90 Å². The lowest BCUT2D eigenvalue weighted by Gasteiger charge is -2.13. The van der Waals surface area contributed by atoms with Crippen LogP contribution in [0.25, 0.3) is 0 Å². The van der Waals surface area contributed by atoms with Crippen molar-refractivity contribution in [2.75, 3.05) is 139 Å². The number of nitrogens with zero attached hydrogens (tertiary/aromatic N) is 1. The van der Waals surface area contributed by atoms with E-state index in [0.29, 0.717) is 137 Å². The van der Waals surface area contributed by atoms with Crippen molar-refractivity contribution in [3.8, 4) is 12.3 Å². The third-order valence-corrected chi connectivity index (χ3v) is 5.87. The summed E-state index contributed by atoms with van der Waals surface area (Å²) in [6, 6.07) is 6.81. The second-order valence-corrected chi connectivity index (χ2v) is 9.08. The number of amides is 2. The van der Waals surface area contributed by atoms with Gasteiger partial charge < -0.3 is 47.4 Å². The molecule has 1 aliphatic heterocycles. The zero-order valence-corrected chi connectivity index (χ0v) is 25.6. The van der Waals surface area contributed by atoms with Crippen molar-refractivity contribution in [3.05, 3.63) is 35.4 Å². The molecular formula is C31H47NO12. The average molecular weight is 626 g/mol. The summed E-state index contributed by atoms with van der Waals surface area (Å²) in [5.41, 5.74) is 0.883. The molecule has 1 heterocycles. The van der Waals surface area contributed by atoms with Crippen LogP contribution in [-0.2, 0) is 47.4 Å². The van der Waals surface area contributed by atoms with Crippen LogP contribution in [0.2, 0.25) is 0 Å². The number of rotatable bonds is 31. The fourth-order valence-corrected chi connectivity index (χ4v) is 3.71. The number of ether oxygens (including phenoxy) is 10. The maximum atomic E-state index is 12.3. The van der Waals surface area contributed by atoms with Gasteiger partial charge in [0.15, 0.2) is 0 Å². The van der Waals surface area contributed by atoms with Crippen LogP contribution in [0.5, 0.6) is 0 Å². The molecule has 248 valence electrons. The molecule has 0 N–H and O–H groups in total. The minimum atomic E-state index is -0.278. The van der Waals surface area contributed by atoms with E-state index >= 15 is 0 Å². The Hall–Kier alpha value is -2.48. The Morgan fingerprint density at radius 2 is 0.727 bits per heavy atom. The predicted molar refractivity (Wildman–Crippen MR) is 159 cm³/mol. The van der Waals surface area contributed by atoms with Gasteiger partial charge in [0.1, 0.15) is 6.61 Å². The summed E-state index contributed by atoms with van der Waals surface area (Å²) in [6.07, 6.45) is 5.07. The molecule has 0 saturated heterocycles. The maximum Gasteiger partial charge on any atom is 0.261 e. The Bertz CT molecular complexity index is 890. The van der Waals surface area contributed by atoms with Gasteiger partial charge >= 0.3 is 0 Å². The number of carbonyl (C=O) groups is 2. The van der Waals surface area contributed by atoms with Crippen LogP contribution in [0.4, 0.5) is 0 Å². The van der Waals surface area contributed by atoms with Gasteiger partial charge in [0.2, 0.25) is 0 Å². The molecule has 1 aromatic carbocycles. The number of terminal acetylenes is 1. The molecular weight excluding hydrogens is 578 g/mol.